The molecule has 0 radical (unpaired) electrons. The average Bonchev–Trinajstić information content (AvgIpc) is 2.63. The van der Waals surface area contributed by atoms with Crippen LogP contribution in [-0.2, 0) is 9.53 Å². The lowest BCUT2D eigenvalue weighted by Gasteiger charge is -2.28. The summed E-state index contributed by atoms with van der Waals surface area (Å²) in [4.78, 5) is 11.9. The van der Waals surface area contributed by atoms with Crippen molar-refractivity contribution in [3.63, 3.8) is 0 Å². The van der Waals surface area contributed by atoms with E-state index >= 15 is 0 Å². The minimum absolute atomic E-state index is 0.0219. The molecule has 1 saturated carbocycles. The Kier molecular flexibility index (Phi) is 5.60. The number of hydrogen-bond donors (Lipinski definition) is 3. The SMILES string of the molecule is O=C(CC1CNCCO1)NCC1(O)CCCCCC1. The second kappa shape index (κ2) is 7.22. The molecule has 5 heteroatoms. The summed E-state index contributed by atoms with van der Waals surface area (Å²) < 4.78 is 5.50. The summed E-state index contributed by atoms with van der Waals surface area (Å²) in [6.07, 6.45) is 6.45. The van der Waals surface area contributed by atoms with Gasteiger partial charge in [-0.25, -0.2) is 0 Å². The number of ether oxygens (including phenoxy) is 1. The van der Waals surface area contributed by atoms with Crippen molar-refractivity contribution in [2.24, 2.45) is 0 Å². The second-order valence-electron chi connectivity index (χ2n) is 5.82. The van der Waals surface area contributed by atoms with E-state index in [1.54, 1.807) is 0 Å². The predicted octanol–water partition coefficient (Wildman–Crippen LogP) is 0.566. The van der Waals surface area contributed by atoms with Gasteiger partial charge in [0.05, 0.1) is 24.7 Å². The van der Waals surface area contributed by atoms with Crippen LogP contribution in [0, 0.1) is 0 Å². The highest BCUT2D eigenvalue weighted by Gasteiger charge is 2.28. The number of morpholine rings is 1. The molecule has 2 fully saturated rings. The van der Waals surface area contributed by atoms with Gasteiger partial charge in [-0.3, -0.25) is 4.79 Å². The summed E-state index contributed by atoms with van der Waals surface area (Å²) in [5, 5.41) is 16.5. The van der Waals surface area contributed by atoms with Crippen molar-refractivity contribution in [1.82, 2.24) is 10.6 Å². The van der Waals surface area contributed by atoms with E-state index in [2.05, 4.69) is 10.6 Å². The first-order chi connectivity index (χ1) is 9.18. The molecule has 1 unspecified atom stereocenters. The molecule has 2 rings (SSSR count). The van der Waals surface area contributed by atoms with Crippen LogP contribution in [-0.4, -0.2) is 49.0 Å². The van der Waals surface area contributed by atoms with E-state index in [4.69, 9.17) is 4.74 Å². The Morgan fingerprint density at radius 2 is 2.05 bits per heavy atom. The standard InChI is InChI=1S/C14H26N2O3/c17-13(9-12-10-15-7-8-19-12)16-11-14(18)5-3-1-2-4-6-14/h12,15,18H,1-11H2,(H,16,17). The summed E-state index contributed by atoms with van der Waals surface area (Å²) in [5.41, 5.74) is -0.697. The molecule has 1 saturated heterocycles. The van der Waals surface area contributed by atoms with E-state index in [9.17, 15) is 9.90 Å². The zero-order valence-electron chi connectivity index (χ0n) is 11.6. The van der Waals surface area contributed by atoms with Crippen molar-refractivity contribution in [2.45, 2.75) is 56.7 Å². The Bertz CT molecular complexity index is 282. The third-order valence-corrected chi connectivity index (χ3v) is 4.07. The number of nitrogens with one attached hydrogen (secondary N) is 2. The van der Waals surface area contributed by atoms with Gasteiger partial charge in [-0.05, 0) is 12.8 Å². The van der Waals surface area contributed by atoms with Gasteiger partial charge in [0.25, 0.3) is 0 Å². The van der Waals surface area contributed by atoms with Crippen molar-refractivity contribution < 1.29 is 14.6 Å². The van der Waals surface area contributed by atoms with Gasteiger partial charge >= 0.3 is 0 Å². The average molecular weight is 270 g/mol. The van der Waals surface area contributed by atoms with Gasteiger partial charge in [0.1, 0.15) is 0 Å². The number of amides is 1. The second-order valence-corrected chi connectivity index (χ2v) is 5.82. The zero-order chi connectivity index (χ0) is 13.6. The fraction of sp³-hybridized carbons (Fsp3) is 0.929. The maximum Gasteiger partial charge on any atom is 0.222 e. The van der Waals surface area contributed by atoms with Gasteiger partial charge in [0.2, 0.25) is 5.91 Å². The number of carbonyl (C=O) groups excluding carboxylic acids is 1. The molecule has 0 bridgehead atoms. The topological polar surface area (TPSA) is 70.6 Å². The molecule has 1 atom stereocenters. The van der Waals surface area contributed by atoms with Crippen LogP contribution in [0.3, 0.4) is 0 Å². The molecule has 110 valence electrons. The van der Waals surface area contributed by atoms with E-state index in [1.807, 2.05) is 0 Å². The number of hydrogen-bond acceptors (Lipinski definition) is 4. The van der Waals surface area contributed by atoms with Crippen LogP contribution >= 0.6 is 0 Å². The van der Waals surface area contributed by atoms with Gasteiger partial charge < -0.3 is 20.5 Å². The van der Waals surface area contributed by atoms with Gasteiger partial charge in [0, 0.05) is 19.6 Å². The zero-order valence-corrected chi connectivity index (χ0v) is 11.6. The van der Waals surface area contributed by atoms with Crippen molar-refractivity contribution in [2.75, 3.05) is 26.2 Å². The van der Waals surface area contributed by atoms with E-state index < -0.39 is 5.60 Å². The molecular formula is C14H26N2O3. The van der Waals surface area contributed by atoms with Gasteiger partial charge in [-0.2, -0.15) is 0 Å². The van der Waals surface area contributed by atoms with Crippen molar-refractivity contribution in [3.8, 4) is 0 Å². The molecule has 1 aliphatic heterocycles. The van der Waals surface area contributed by atoms with Gasteiger partial charge in [-0.1, -0.05) is 25.7 Å². The first-order valence-corrected chi connectivity index (χ1v) is 7.49. The van der Waals surface area contributed by atoms with Gasteiger partial charge in [-0.15, -0.1) is 0 Å². The number of aliphatic hydroxyl groups is 1. The van der Waals surface area contributed by atoms with Crippen LogP contribution in [0.25, 0.3) is 0 Å². The summed E-state index contributed by atoms with van der Waals surface area (Å²) in [5.74, 6) is -0.0219. The number of carbonyl (C=O) groups is 1. The van der Waals surface area contributed by atoms with Crippen LogP contribution in [0.4, 0.5) is 0 Å². The van der Waals surface area contributed by atoms with E-state index in [1.165, 1.54) is 12.8 Å². The Morgan fingerprint density at radius 3 is 2.68 bits per heavy atom. The fourth-order valence-electron chi connectivity index (χ4n) is 2.86. The molecule has 5 nitrogen and oxygen atoms in total. The summed E-state index contributed by atoms with van der Waals surface area (Å²) in [7, 11) is 0. The molecule has 0 spiro atoms. The Balaban J connectivity index is 1.69. The smallest absolute Gasteiger partial charge is 0.222 e. The Morgan fingerprint density at radius 1 is 1.32 bits per heavy atom. The van der Waals surface area contributed by atoms with Crippen LogP contribution < -0.4 is 10.6 Å². The minimum Gasteiger partial charge on any atom is -0.388 e. The highest BCUT2D eigenvalue weighted by atomic mass is 16.5. The van der Waals surface area contributed by atoms with Crippen LogP contribution in [0.2, 0.25) is 0 Å². The molecule has 3 N–H and O–H groups in total. The molecule has 2 aliphatic rings. The lowest BCUT2D eigenvalue weighted by Crippen LogP contribution is -2.45. The van der Waals surface area contributed by atoms with E-state index in [0.717, 1.165) is 38.8 Å². The van der Waals surface area contributed by atoms with Gasteiger partial charge in [0.15, 0.2) is 0 Å². The summed E-state index contributed by atoms with van der Waals surface area (Å²) >= 11 is 0. The van der Waals surface area contributed by atoms with Crippen LogP contribution in [0.5, 0.6) is 0 Å². The van der Waals surface area contributed by atoms with Crippen molar-refractivity contribution >= 4 is 5.91 Å². The monoisotopic (exact) mass is 270 g/mol. The lowest BCUT2D eigenvalue weighted by atomic mass is 9.94. The predicted molar refractivity (Wildman–Crippen MR) is 72.9 cm³/mol. The molecule has 1 aliphatic carbocycles. The highest BCUT2D eigenvalue weighted by Crippen LogP contribution is 2.26. The molecular weight excluding hydrogens is 244 g/mol. The van der Waals surface area contributed by atoms with E-state index in [0.29, 0.717) is 19.6 Å². The first-order valence-electron chi connectivity index (χ1n) is 7.49. The molecule has 19 heavy (non-hydrogen) atoms. The minimum atomic E-state index is -0.697. The summed E-state index contributed by atoms with van der Waals surface area (Å²) in [6, 6.07) is 0. The third kappa shape index (κ3) is 5.09. The molecule has 0 aromatic carbocycles. The van der Waals surface area contributed by atoms with Crippen molar-refractivity contribution in [1.29, 1.82) is 0 Å². The largest absolute Gasteiger partial charge is 0.388 e. The third-order valence-electron chi connectivity index (χ3n) is 4.07. The molecule has 0 aromatic heterocycles. The number of rotatable bonds is 4. The Labute approximate surface area is 115 Å². The maximum atomic E-state index is 11.9. The molecule has 1 amide bonds. The lowest BCUT2D eigenvalue weighted by molar-refractivity contribution is -0.125. The van der Waals surface area contributed by atoms with Crippen molar-refractivity contribution in [3.05, 3.63) is 0 Å². The first kappa shape index (κ1) is 14.8. The van der Waals surface area contributed by atoms with E-state index in [-0.39, 0.29) is 12.0 Å². The van der Waals surface area contributed by atoms with Crippen LogP contribution in [0.15, 0.2) is 0 Å². The highest BCUT2D eigenvalue weighted by molar-refractivity contribution is 5.76. The maximum absolute atomic E-state index is 11.9. The molecule has 0 aromatic rings. The quantitative estimate of drug-likeness (QED) is 0.653. The van der Waals surface area contributed by atoms with Crippen LogP contribution in [0.1, 0.15) is 44.9 Å². The normalized spacial score (nSPS) is 27.5. The Hall–Kier alpha value is -0.650. The molecule has 1 heterocycles. The summed E-state index contributed by atoms with van der Waals surface area (Å²) in [6.45, 7) is 2.64. The fourth-order valence-corrected chi connectivity index (χ4v) is 2.86.